The molecular formula is C38H21N. The van der Waals surface area contributed by atoms with Crippen molar-refractivity contribution in [3.05, 3.63) is 127 Å². The van der Waals surface area contributed by atoms with Crippen molar-refractivity contribution in [2.45, 2.75) is 0 Å². The summed E-state index contributed by atoms with van der Waals surface area (Å²) in [4.78, 5) is 0. The molecule has 8 aromatic rings. The molecule has 1 heteroatoms. The fraction of sp³-hybridized carbons (Fsp3) is 0. The second kappa shape index (κ2) is 6.83. The van der Waals surface area contributed by atoms with Crippen molar-refractivity contribution in [1.82, 2.24) is 4.57 Å². The van der Waals surface area contributed by atoms with E-state index in [0.29, 0.717) is 0 Å². The Hall–Kier alpha value is -5.14. The molecule has 1 heterocycles. The molecule has 0 atom stereocenters. The van der Waals surface area contributed by atoms with Crippen LogP contribution in [0.2, 0.25) is 0 Å². The quantitative estimate of drug-likeness (QED) is 0.215. The van der Waals surface area contributed by atoms with Gasteiger partial charge in [0.15, 0.2) is 0 Å². The van der Waals surface area contributed by atoms with Crippen LogP contribution in [-0.2, 0) is 0 Å². The fourth-order valence-corrected chi connectivity index (χ4v) is 7.59. The first-order valence-corrected chi connectivity index (χ1v) is 13.6. The van der Waals surface area contributed by atoms with E-state index in [1.165, 1.54) is 93.5 Å². The first-order valence-electron chi connectivity index (χ1n) is 13.6. The van der Waals surface area contributed by atoms with Gasteiger partial charge in [-0.1, -0.05) is 109 Å². The highest BCUT2D eigenvalue weighted by Crippen LogP contribution is 2.53. The predicted octanol–water partition coefficient (Wildman–Crippen LogP) is 10.4. The monoisotopic (exact) mass is 491 g/mol. The SMILES string of the molecule is c1ccc2c(c1)-c1cccc3c(-n4c5ccccc5c5c6c(ccc54)-c4cccc5cccc-6c45)ccc-2c13. The number of hydrogen-bond acceptors (Lipinski definition) is 0. The van der Waals surface area contributed by atoms with Gasteiger partial charge in [0, 0.05) is 21.7 Å². The maximum Gasteiger partial charge on any atom is 0.0548 e. The zero-order chi connectivity index (χ0) is 25.2. The van der Waals surface area contributed by atoms with Crippen LogP contribution >= 0.6 is 0 Å². The molecule has 0 fully saturated rings. The van der Waals surface area contributed by atoms with Crippen LogP contribution in [0.25, 0.3) is 93.5 Å². The lowest BCUT2D eigenvalue weighted by Crippen LogP contribution is -1.96. The molecule has 0 unspecified atom stereocenters. The van der Waals surface area contributed by atoms with Gasteiger partial charge in [0.2, 0.25) is 0 Å². The predicted molar refractivity (Wildman–Crippen MR) is 165 cm³/mol. The number of benzene rings is 7. The molecule has 0 N–H and O–H groups in total. The molecule has 7 aromatic carbocycles. The standard InChI is InChI=1S/C38H21N/c1-2-11-24-23(10-1)25-14-7-15-29-33(20-18-27(24)36(25)29)39-32-17-4-3-12-30(32)38-34(39)21-19-28-26-13-5-8-22-9-6-16-31(35(22)26)37(28)38/h1-21H. The average molecular weight is 492 g/mol. The van der Waals surface area contributed by atoms with Gasteiger partial charge in [-0.3, -0.25) is 0 Å². The zero-order valence-corrected chi connectivity index (χ0v) is 21.1. The fourth-order valence-electron chi connectivity index (χ4n) is 7.59. The van der Waals surface area contributed by atoms with Crippen molar-refractivity contribution in [1.29, 1.82) is 0 Å². The van der Waals surface area contributed by atoms with Crippen LogP contribution in [0.4, 0.5) is 0 Å². The van der Waals surface area contributed by atoms with Gasteiger partial charge in [-0.2, -0.15) is 0 Å². The van der Waals surface area contributed by atoms with Crippen molar-refractivity contribution < 1.29 is 0 Å². The van der Waals surface area contributed by atoms with Crippen molar-refractivity contribution in [2.24, 2.45) is 0 Å². The highest BCUT2D eigenvalue weighted by atomic mass is 15.0. The first-order chi connectivity index (χ1) is 19.4. The topological polar surface area (TPSA) is 4.93 Å². The summed E-state index contributed by atoms with van der Waals surface area (Å²) < 4.78 is 2.50. The van der Waals surface area contributed by atoms with Gasteiger partial charge in [-0.15, -0.1) is 0 Å². The molecule has 0 amide bonds. The van der Waals surface area contributed by atoms with Gasteiger partial charge in [-0.25, -0.2) is 0 Å². The second-order valence-corrected chi connectivity index (χ2v) is 10.9. The smallest absolute Gasteiger partial charge is 0.0548 e. The molecule has 0 saturated carbocycles. The summed E-state index contributed by atoms with van der Waals surface area (Å²) in [7, 11) is 0. The number of rotatable bonds is 1. The molecule has 178 valence electrons. The van der Waals surface area contributed by atoms with Gasteiger partial charge in [0.1, 0.15) is 0 Å². The lowest BCUT2D eigenvalue weighted by molar-refractivity contribution is 1.20. The Morgan fingerprint density at radius 1 is 0.333 bits per heavy atom. The van der Waals surface area contributed by atoms with E-state index in [0.717, 1.165) is 0 Å². The van der Waals surface area contributed by atoms with Crippen LogP contribution in [-0.4, -0.2) is 4.57 Å². The van der Waals surface area contributed by atoms with Gasteiger partial charge in [0.05, 0.1) is 16.7 Å². The molecule has 1 nitrogen and oxygen atoms in total. The third-order valence-corrected chi connectivity index (χ3v) is 9.07. The molecule has 0 bridgehead atoms. The minimum Gasteiger partial charge on any atom is -0.309 e. The Labute approximate surface area is 225 Å². The van der Waals surface area contributed by atoms with Gasteiger partial charge < -0.3 is 4.57 Å². The van der Waals surface area contributed by atoms with Gasteiger partial charge in [-0.05, 0) is 73.3 Å². The maximum atomic E-state index is 2.50. The molecule has 0 aliphatic heterocycles. The van der Waals surface area contributed by atoms with Crippen LogP contribution in [0.15, 0.2) is 127 Å². The van der Waals surface area contributed by atoms with Crippen molar-refractivity contribution in [2.75, 3.05) is 0 Å². The molecule has 1 aromatic heterocycles. The minimum atomic E-state index is 1.24. The Kier molecular flexibility index (Phi) is 3.49. The van der Waals surface area contributed by atoms with Crippen LogP contribution in [0.1, 0.15) is 0 Å². The normalized spacial score (nSPS) is 12.6. The summed E-state index contributed by atoms with van der Waals surface area (Å²) in [6.45, 7) is 0. The third kappa shape index (κ3) is 2.29. The van der Waals surface area contributed by atoms with Crippen LogP contribution in [0.5, 0.6) is 0 Å². The summed E-state index contributed by atoms with van der Waals surface area (Å²) in [6.07, 6.45) is 0. The molecule has 0 saturated heterocycles. The zero-order valence-electron chi connectivity index (χ0n) is 21.1. The Balaban J connectivity index is 1.37. The highest BCUT2D eigenvalue weighted by Gasteiger charge is 2.28. The number of fused-ring (bicyclic) bond motifs is 10. The largest absolute Gasteiger partial charge is 0.309 e. The van der Waals surface area contributed by atoms with E-state index in [1.807, 2.05) is 0 Å². The molecule has 0 radical (unpaired) electrons. The first kappa shape index (κ1) is 19.9. The summed E-state index contributed by atoms with van der Waals surface area (Å²) in [5.41, 5.74) is 14.5. The summed E-state index contributed by atoms with van der Waals surface area (Å²) >= 11 is 0. The van der Waals surface area contributed by atoms with E-state index in [9.17, 15) is 0 Å². The number of nitrogens with zero attached hydrogens (tertiary/aromatic N) is 1. The Morgan fingerprint density at radius 3 is 1.79 bits per heavy atom. The molecule has 0 spiro atoms. The molecule has 2 aliphatic rings. The van der Waals surface area contributed by atoms with Crippen LogP contribution in [0, 0.1) is 0 Å². The number of aromatic nitrogens is 1. The minimum absolute atomic E-state index is 1.24. The van der Waals surface area contributed by atoms with E-state index < -0.39 is 0 Å². The van der Waals surface area contributed by atoms with Gasteiger partial charge in [0.25, 0.3) is 0 Å². The average Bonchev–Trinajstić information content (AvgIpc) is 3.62. The van der Waals surface area contributed by atoms with E-state index in [1.54, 1.807) is 0 Å². The molecule has 10 rings (SSSR count). The lowest BCUT2D eigenvalue weighted by Gasteiger charge is -2.14. The summed E-state index contributed by atoms with van der Waals surface area (Å²) in [5, 5.41) is 8.00. The van der Waals surface area contributed by atoms with Crippen LogP contribution in [0.3, 0.4) is 0 Å². The second-order valence-electron chi connectivity index (χ2n) is 10.9. The van der Waals surface area contributed by atoms with E-state index in [2.05, 4.69) is 132 Å². The van der Waals surface area contributed by atoms with Crippen molar-refractivity contribution in [3.8, 4) is 50.2 Å². The molecular weight excluding hydrogens is 470 g/mol. The van der Waals surface area contributed by atoms with Crippen molar-refractivity contribution >= 4 is 43.4 Å². The number of para-hydroxylation sites is 1. The third-order valence-electron chi connectivity index (χ3n) is 9.07. The van der Waals surface area contributed by atoms with Gasteiger partial charge >= 0.3 is 0 Å². The highest BCUT2D eigenvalue weighted by molar-refractivity contribution is 6.27. The van der Waals surface area contributed by atoms with E-state index in [4.69, 9.17) is 0 Å². The van der Waals surface area contributed by atoms with E-state index >= 15 is 0 Å². The van der Waals surface area contributed by atoms with E-state index in [-0.39, 0.29) is 0 Å². The van der Waals surface area contributed by atoms with Crippen LogP contribution < -0.4 is 0 Å². The lowest BCUT2D eigenvalue weighted by atomic mass is 9.98. The Morgan fingerprint density at radius 2 is 0.949 bits per heavy atom. The Bertz CT molecular complexity index is 2350. The summed E-state index contributed by atoms with van der Waals surface area (Å²) in [6, 6.07) is 47.3. The van der Waals surface area contributed by atoms with Crippen molar-refractivity contribution in [3.63, 3.8) is 0 Å². The number of hydrogen-bond donors (Lipinski definition) is 0. The maximum absolute atomic E-state index is 2.50. The molecule has 39 heavy (non-hydrogen) atoms. The molecule has 2 aliphatic carbocycles. The summed E-state index contributed by atoms with van der Waals surface area (Å²) in [5.74, 6) is 0.